The van der Waals surface area contributed by atoms with Crippen LogP contribution < -0.4 is 5.32 Å². The van der Waals surface area contributed by atoms with E-state index in [2.05, 4.69) is 5.32 Å². The van der Waals surface area contributed by atoms with E-state index in [4.69, 9.17) is 10.2 Å². The summed E-state index contributed by atoms with van der Waals surface area (Å²) in [6.45, 7) is 1.24. The lowest BCUT2D eigenvalue weighted by molar-refractivity contribution is -0.140. The normalized spacial score (nSPS) is 20.1. The molecule has 4 N–H and O–H groups in total. The predicted molar refractivity (Wildman–Crippen MR) is 88.9 cm³/mol. The number of hydrogen-bond acceptors (Lipinski definition) is 5. The maximum absolute atomic E-state index is 11.1. The van der Waals surface area contributed by atoms with Gasteiger partial charge in [0.15, 0.2) is 0 Å². The van der Waals surface area contributed by atoms with E-state index in [0.717, 1.165) is 0 Å². The smallest absolute Gasteiger partial charge is 0.335 e. The molecule has 3 atom stereocenters. The lowest BCUT2D eigenvalue weighted by Gasteiger charge is -2.26. The summed E-state index contributed by atoms with van der Waals surface area (Å²) in [6.07, 6.45) is 2.53. The van der Waals surface area contributed by atoms with Crippen LogP contribution in [0.1, 0.15) is 34.5 Å². The molecule has 0 heterocycles. The number of rotatable bonds is 6. The highest BCUT2D eigenvalue weighted by atomic mass is 32.2. The number of carboxylic acids is 2. The zero-order chi connectivity index (χ0) is 17.9. The molecule has 0 radical (unpaired) electrons. The molecule has 1 aromatic carbocycles. The molecule has 0 bridgehead atoms. The van der Waals surface area contributed by atoms with E-state index in [1.165, 1.54) is 30.8 Å². The minimum absolute atomic E-state index is 0.101. The van der Waals surface area contributed by atoms with Crippen LogP contribution in [-0.4, -0.2) is 50.2 Å². The molecule has 128 valence electrons. The summed E-state index contributed by atoms with van der Waals surface area (Å²) in [5.41, 5.74) is 1.34. The number of aliphatic hydroxyl groups is 1. The number of thioether (sulfide) groups is 1. The van der Waals surface area contributed by atoms with Crippen LogP contribution in [0.4, 0.5) is 0 Å². The monoisotopic (exact) mass is 351 g/mol. The third-order valence-electron chi connectivity index (χ3n) is 3.56. The van der Waals surface area contributed by atoms with Crippen LogP contribution in [0.2, 0.25) is 0 Å². The zero-order valence-corrected chi connectivity index (χ0v) is 13.6. The number of benzene rings is 1. The van der Waals surface area contributed by atoms with E-state index in [1.54, 1.807) is 18.2 Å². The van der Waals surface area contributed by atoms with Gasteiger partial charge in [0.05, 0.1) is 16.9 Å². The van der Waals surface area contributed by atoms with Gasteiger partial charge in [0, 0.05) is 12.7 Å². The van der Waals surface area contributed by atoms with Gasteiger partial charge in [-0.15, -0.1) is 11.8 Å². The quantitative estimate of drug-likeness (QED) is 0.606. The fourth-order valence-electron chi connectivity index (χ4n) is 2.38. The average molecular weight is 351 g/mol. The van der Waals surface area contributed by atoms with Crippen molar-refractivity contribution in [3.8, 4) is 0 Å². The molecule has 7 nitrogen and oxygen atoms in total. The highest BCUT2D eigenvalue weighted by Crippen LogP contribution is 2.35. The van der Waals surface area contributed by atoms with E-state index in [0.29, 0.717) is 11.1 Å². The molecule has 0 saturated carbocycles. The molecule has 1 aromatic rings. The highest BCUT2D eigenvalue weighted by Gasteiger charge is 2.28. The molecular weight excluding hydrogens is 334 g/mol. The number of amides is 1. The van der Waals surface area contributed by atoms with Crippen molar-refractivity contribution in [2.45, 2.75) is 24.3 Å². The maximum atomic E-state index is 11.1. The summed E-state index contributed by atoms with van der Waals surface area (Å²) in [4.78, 5) is 33.1. The average Bonchev–Trinajstić information content (AvgIpc) is 2.52. The fraction of sp³-hybridized carbons (Fsp3) is 0.312. The first-order valence-electron chi connectivity index (χ1n) is 7.14. The highest BCUT2D eigenvalue weighted by molar-refractivity contribution is 8.00. The van der Waals surface area contributed by atoms with E-state index < -0.39 is 30.0 Å². The fourth-order valence-corrected chi connectivity index (χ4v) is 3.54. The third-order valence-corrected chi connectivity index (χ3v) is 4.89. The summed E-state index contributed by atoms with van der Waals surface area (Å²) >= 11 is 1.21. The van der Waals surface area contributed by atoms with Crippen molar-refractivity contribution in [1.82, 2.24) is 5.32 Å². The number of carbonyl (C=O) groups excluding carboxylic acids is 1. The van der Waals surface area contributed by atoms with Crippen molar-refractivity contribution in [3.05, 3.63) is 41.0 Å². The molecule has 1 amide bonds. The second kappa shape index (κ2) is 7.50. The standard InChI is InChI=1S/C16H17NO6S/c1-8(18)17-12(16(22)23)7-24-13-5-3-9-6-10(15(20)21)2-4-11(9)14(13)19/h2-6,12-14,19H,7H2,1H3,(H,17,18)(H,20,21)(H,22,23)/t12-,13-,14-/m0/s1. The summed E-state index contributed by atoms with van der Waals surface area (Å²) in [5, 5.41) is 30.5. The molecule has 8 heteroatoms. The summed E-state index contributed by atoms with van der Waals surface area (Å²) in [7, 11) is 0. The Labute approximate surface area is 142 Å². The molecule has 1 aliphatic carbocycles. The SMILES string of the molecule is CC(=O)N[C@@H](CS[C@H]1C=Cc2cc(C(=O)O)ccc2[C@@H]1O)C(=O)O. The van der Waals surface area contributed by atoms with Gasteiger partial charge in [0.25, 0.3) is 0 Å². The van der Waals surface area contributed by atoms with Gasteiger partial charge >= 0.3 is 11.9 Å². The lowest BCUT2D eigenvalue weighted by Crippen LogP contribution is -2.42. The summed E-state index contributed by atoms with van der Waals surface area (Å²) < 4.78 is 0. The van der Waals surface area contributed by atoms with Gasteiger partial charge in [-0.1, -0.05) is 18.2 Å². The molecule has 0 aromatic heterocycles. The minimum Gasteiger partial charge on any atom is -0.480 e. The van der Waals surface area contributed by atoms with Crippen molar-refractivity contribution in [2.75, 3.05) is 5.75 Å². The first-order chi connectivity index (χ1) is 11.3. The van der Waals surface area contributed by atoms with Gasteiger partial charge < -0.3 is 20.6 Å². The third kappa shape index (κ3) is 4.15. The molecule has 0 saturated heterocycles. The number of carboxylic acid groups (broad SMARTS) is 2. The van der Waals surface area contributed by atoms with Gasteiger partial charge in [-0.05, 0) is 23.3 Å². The summed E-state index contributed by atoms with van der Waals surface area (Å²) in [5.74, 6) is -2.52. The van der Waals surface area contributed by atoms with Gasteiger partial charge in [-0.25, -0.2) is 9.59 Å². The molecule has 2 rings (SSSR count). The Bertz CT molecular complexity index is 702. The maximum Gasteiger partial charge on any atom is 0.335 e. The molecule has 0 fully saturated rings. The van der Waals surface area contributed by atoms with Crippen LogP contribution >= 0.6 is 11.8 Å². The van der Waals surface area contributed by atoms with Crippen LogP contribution in [0, 0.1) is 0 Å². The number of aliphatic hydroxyl groups excluding tert-OH is 1. The van der Waals surface area contributed by atoms with Crippen LogP contribution in [0.15, 0.2) is 24.3 Å². The Morgan fingerprint density at radius 1 is 1.29 bits per heavy atom. The van der Waals surface area contributed by atoms with Crippen LogP contribution in [0.5, 0.6) is 0 Å². The Kier molecular flexibility index (Phi) is 5.63. The number of aromatic carboxylic acids is 1. The molecule has 0 aliphatic heterocycles. The minimum atomic E-state index is -1.14. The van der Waals surface area contributed by atoms with Crippen LogP contribution in [-0.2, 0) is 9.59 Å². The number of aliphatic carboxylic acids is 1. The van der Waals surface area contributed by atoms with Gasteiger partial charge in [0.1, 0.15) is 6.04 Å². The molecule has 1 aliphatic rings. The van der Waals surface area contributed by atoms with Crippen molar-refractivity contribution in [3.63, 3.8) is 0 Å². The van der Waals surface area contributed by atoms with E-state index >= 15 is 0 Å². The van der Waals surface area contributed by atoms with Gasteiger partial charge in [-0.3, -0.25) is 4.79 Å². The summed E-state index contributed by atoms with van der Waals surface area (Å²) in [6, 6.07) is 3.42. The number of fused-ring (bicyclic) bond motifs is 1. The molecular formula is C16H17NO6S. The molecule has 0 spiro atoms. The zero-order valence-electron chi connectivity index (χ0n) is 12.8. The number of nitrogens with one attached hydrogen (secondary N) is 1. The topological polar surface area (TPSA) is 124 Å². The van der Waals surface area contributed by atoms with E-state index in [1.807, 2.05) is 0 Å². The first kappa shape index (κ1) is 18.0. The van der Waals surface area contributed by atoms with Crippen molar-refractivity contribution in [1.29, 1.82) is 0 Å². The Balaban J connectivity index is 2.09. The van der Waals surface area contributed by atoms with E-state index in [-0.39, 0.29) is 16.6 Å². The predicted octanol–water partition coefficient (Wildman–Crippen LogP) is 1.14. The van der Waals surface area contributed by atoms with Crippen LogP contribution in [0.25, 0.3) is 6.08 Å². The largest absolute Gasteiger partial charge is 0.480 e. The van der Waals surface area contributed by atoms with Crippen molar-refractivity contribution >= 4 is 35.7 Å². The van der Waals surface area contributed by atoms with Gasteiger partial charge in [-0.2, -0.15) is 0 Å². The van der Waals surface area contributed by atoms with Crippen molar-refractivity contribution in [2.24, 2.45) is 0 Å². The number of carbonyl (C=O) groups is 3. The second-order valence-electron chi connectivity index (χ2n) is 5.34. The molecule has 24 heavy (non-hydrogen) atoms. The van der Waals surface area contributed by atoms with E-state index in [9.17, 15) is 19.5 Å². The Morgan fingerprint density at radius 3 is 2.58 bits per heavy atom. The Hall–Kier alpha value is -2.32. The second-order valence-corrected chi connectivity index (χ2v) is 6.55. The van der Waals surface area contributed by atoms with Crippen molar-refractivity contribution < 1.29 is 29.7 Å². The van der Waals surface area contributed by atoms with Crippen LogP contribution in [0.3, 0.4) is 0 Å². The Morgan fingerprint density at radius 2 is 2.00 bits per heavy atom. The van der Waals surface area contributed by atoms with Gasteiger partial charge in [0.2, 0.25) is 5.91 Å². The number of hydrogen-bond donors (Lipinski definition) is 4. The lowest BCUT2D eigenvalue weighted by atomic mass is 9.93. The first-order valence-corrected chi connectivity index (χ1v) is 8.19. The molecule has 0 unspecified atom stereocenters.